The minimum Gasteiger partial charge on any atom is -0.481 e. The average molecular weight is 366 g/mol. The van der Waals surface area contributed by atoms with Crippen LogP contribution in [-0.2, 0) is 11.3 Å². The Morgan fingerprint density at radius 2 is 2.00 bits per heavy atom. The molecular formula is C16H13Cl2N3O3. The summed E-state index contributed by atoms with van der Waals surface area (Å²) >= 11 is 12.1. The third-order valence-electron chi connectivity index (χ3n) is 3.49. The summed E-state index contributed by atoms with van der Waals surface area (Å²) < 4.78 is 11.5. The molecule has 0 N–H and O–H groups in total. The van der Waals surface area contributed by atoms with Gasteiger partial charge in [-0.3, -0.25) is 4.68 Å². The summed E-state index contributed by atoms with van der Waals surface area (Å²) in [6, 6.07) is 8.70. The number of hydrogen-bond donors (Lipinski definition) is 0. The smallest absolute Gasteiger partial charge is 0.360 e. The Morgan fingerprint density at radius 1 is 1.21 bits per heavy atom. The summed E-state index contributed by atoms with van der Waals surface area (Å²) in [5.41, 5.74) is 2.02. The molecule has 124 valence electrons. The molecule has 3 rings (SSSR count). The van der Waals surface area contributed by atoms with E-state index in [2.05, 4.69) is 10.1 Å². The number of carbonyl (C=O) groups is 1. The van der Waals surface area contributed by atoms with Gasteiger partial charge in [0.05, 0.1) is 26.3 Å². The van der Waals surface area contributed by atoms with E-state index in [1.807, 2.05) is 6.07 Å². The molecule has 0 bridgehead atoms. The van der Waals surface area contributed by atoms with Crippen molar-refractivity contribution in [3.05, 3.63) is 51.6 Å². The van der Waals surface area contributed by atoms with Crippen LogP contribution in [0, 0.1) is 0 Å². The Labute approximate surface area is 147 Å². The van der Waals surface area contributed by atoms with E-state index in [-0.39, 0.29) is 5.69 Å². The van der Waals surface area contributed by atoms with Gasteiger partial charge in [0.25, 0.3) is 0 Å². The minimum atomic E-state index is -0.568. The van der Waals surface area contributed by atoms with E-state index in [4.69, 9.17) is 32.7 Å². The number of ether oxygens (including phenoxy) is 2. The lowest BCUT2D eigenvalue weighted by Gasteiger charge is -2.06. The molecule has 0 unspecified atom stereocenters. The summed E-state index contributed by atoms with van der Waals surface area (Å²) in [6.45, 7) is 0.359. The molecule has 0 fully saturated rings. The van der Waals surface area contributed by atoms with Gasteiger partial charge in [-0.2, -0.15) is 5.10 Å². The fourth-order valence-corrected chi connectivity index (χ4v) is 2.79. The van der Waals surface area contributed by atoms with Crippen molar-refractivity contribution in [1.82, 2.24) is 14.8 Å². The highest BCUT2D eigenvalue weighted by Crippen LogP contribution is 2.25. The third-order valence-corrected chi connectivity index (χ3v) is 4.08. The molecule has 6 nitrogen and oxygen atoms in total. The average Bonchev–Trinajstić information content (AvgIpc) is 2.94. The van der Waals surface area contributed by atoms with Crippen LogP contribution in [-0.4, -0.2) is 35.0 Å². The van der Waals surface area contributed by atoms with E-state index in [1.54, 1.807) is 28.9 Å². The Morgan fingerprint density at radius 3 is 2.67 bits per heavy atom. The van der Waals surface area contributed by atoms with Gasteiger partial charge in [-0.15, -0.1) is 0 Å². The van der Waals surface area contributed by atoms with Crippen molar-refractivity contribution in [1.29, 1.82) is 0 Å². The van der Waals surface area contributed by atoms with Crippen LogP contribution >= 0.6 is 23.2 Å². The number of fused-ring (bicyclic) bond motifs is 1. The molecule has 1 aromatic carbocycles. The van der Waals surface area contributed by atoms with E-state index in [9.17, 15) is 4.79 Å². The van der Waals surface area contributed by atoms with Crippen molar-refractivity contribution in [2.24, 2.45) is 0 Å². The van der Waals surface area contributed by atoms with Gasteiger partial charge in [-0.1, -0.05) is 29.3 Å². The molecule has 0 saturated carbocycles. The lowest BCUT2D eigenvalue weighted by atomic mass is 10.2. The first-order valence-electron chi connectivity index (χ1n) is 6.97. The maximum absolute atomic E-state index is 12.0. The Bertz CT molecular complexity index is 924. The van der Waals surface area contributed by atoms with Crippen molar-refractivity contribution in [3.63, 3.8) is 0 Å². The molecule has 2 heterocycles. The third kappa shape index (κ3) is 3.02. The second-order valence-corrected chi connectivity index (χ2v) is 5.80. The summed E-state index contributed by atoms with van der Waals surface area (Å²) in [4.78, 5) is 16.3. The predicted molar refractivity (Wildman–Crippen MR) is 91.0 cm³/mol. The van der Waals surface area contributed by atoms with Crippen molar-refractivity contribution in [2.75, 3.05) is 14.2 Å². The lowest BCUT2D eigenvalue weighted by molar-refractivity contribution is 0.0595. The van der Waals surface area contributed by atoms with Crippen LogP contribution in [0.1, 0.15) is 16.1 Å². The predicted octanol–water partition coefficient (Wildman–Crippen LogP) is 3.58. The highest BCUT2D eigenvalue weighted by molar-refractivity contribution is 6.35. The zero-order valence-corrected chi connectivity index (χ0v) is 14.4. The molecule has 0 amide bonds. The molecule has 0 spiro atoms. The van der Waals surface area contributed by atoms with Gasteiger partial charge in [0.15, 0.2) is 5.69 Å². The largest absolute Gasteiger partial charge is 0.481 e. The molecule has 0 aliphatic carbocycles. The SMILES string of the molecule is COC(=O)c1nn(Cc2ccc(Cl)cc2Cl)c2ccc(OC)nc12. The first-order chi connectivity index (χ1) is 11.5. The molecule has 24 heavy (non-hydrogen) atoms. The number of aromatic nitrogens is 3. The van der Waals surface area contributed by atoms with Gasteiger partial charge in [0.2, 0.25) is 5.88 Å². The first kappa shape index (κ1) is 16.5. The monoisotopic (exact) mass is 365 g/mol. The van der Waals surface area contributed by atoms with Crippen LogP contribution in [0.4, 0.5) is 0 Å². The number of pyridine rings is 1. The van der Waals surface area contributed by atoms with Crippen LogP contribution in [0.3, 0.4) is 0 Å². The zero-order valence-electron chi connectivity index (χ0n) is 12.9. The maximum atomic E-state index is 12.0. The number of rotatable bonds is 4. The molecule has 0 saturated heterocycles. The van der Waals surface area contributed by atoms with Crippen molar-refractivity contribution in [3.8, 4) is 5.88 Å². The van der Waals surface area contributed by atoms with Crippen LogP contribution in [0.25, 0.3) is 11.0 Å². The van der Waals surface area contributed by atoms with E-state index in [0.717, 1.165) is 5.56 Å². The molecule has 8 heteroatoms. The number of carbonyl (C=O) groups excluding carboxylic acids is 1. The van der Waals surface area contributed by atoms with Crippen LogP contribution in [0.2, 0.25) is 10.0 Å². The summed E-state index contributed by atoms with van der Waals surface area (Å²) in [5.74, 6) is -0.182. The number of methoxy groups -OCH3 is 2. The first-order valence-corrected chi connectivity index (χ1v) is 7.73. The number of benzene rings is 1. The molecular weight excluding hydrogens is 353 g/mol. The molecule has 3 aromatic rings. The van der Waals surface area contributed by atoms with Gasteiger partial charge in [0, 0.05) is 16.1 Å². The van der Waals surface area contributed by atoms with Crippen LogP contribution in [0.15, 0.2) is 30.3 Å². The molecule has 0 radical (unpaired) electrons. The fourth-order valence-electron chi connectivity index (χ4n) is 2.32. The number of hydrogen-bond acceptors (Lipinski definition) is 5. The van der Waals surface area contributed by atoms with Crippen LogP contribution in [0.5, 0.6) is 5.88 Å². The standard InChI is InChI=1S/C16H13Cl2N3O3/c1-23-13-6-5-12-14(19-13)15(16(22)24-2)20-21(12)8-9-3-4-10(17)7-11(9)18/h3-7H,8H2,1-2H3. The number of halogens is 2. The van der Waals surface area contributed by atoms with Gasteiger partial charge in [0.1, 0.15) is 5.52 Å². The number of esters is 1. The van der Waals surface area contributed by atoms with E-state index in [0.29, 0.717) is 33.5 Å². The molecule has 0 aliphatic rings. The van der Waals surface area contributed by atoms with E-state index < -0.39 is 5.97 Å². The minimum absolute atomic E-state index is 0.122. The topological polar surface area (TPSA) is 66.2 Å². The van der Waals surface area contributed by atoms with Gasteiger partial charge >= 0.3 is 5.97 Å². The van der Waals surface area contributed by atoms with Crippen molar-refractivity contribution in [2.45, 2.75) is 6.54 Å². The van der Waals surface area contributed by atoms with E-state index >= 15 is 0 Å². The molecule has 2 aromatic heterocycles. The molecule has 0 aliphatic heterocycles. The summed E-state index contributed by atoms with van der Waals surface area (Å²) in [6.07, 6.45) is 0. The van der Waals surface area contributed by atoms with Crippen molar-refractivity contribution >= 4 is 40.2 Å². The van der Waals surface area contributed by atoms with Gasteiger partial charge < -0.3 is 9.47 Å². The highest BCUT2D eigenvalue weighted by Gasteiger charge is 2.20. The van der Waals surface area contributed by atoms with Gasteiger partial charge in [-0.25, -0.2) is 9.78 Å². The summed E-state index contributed by atoms with van der Waals surface area (Å²) in [5, 5.41) is 5.40. The summed E-state index contributed by atoms with van der Waals surface area (Å²) in [7, 11) is 2.80. The fraction of sp³-hybridized carbons (Fsp3) is 0.188. The number of nitrogens with zero attached hydrogens (tertiary/aromatic N) is 3. The zero-order chi connectivity index (χ0) is 17.3. The Kier molecular flexibility index (Phi) is 4.59. The second kappa shape index (κ2) is 6.67. The maximum Gasteiger partial charge on any atom is 0.360 e. The van der Waals surface area contributed by atoms with Crippen LogP contribution < -0.4 is 4.74 Å². The van der Waals surface area contributed by atoms with Crippen molar-refractivity contribution < 1.29 is 14.3 Å². The normalized spacial score (nSPS) is 10.8. The lowest BCUT2D eigenvalue weighted by Crippen LogP contribution is -2.06. The Balaban J connectivity index is 2.12. The Hall–Kier alpha value is -2.31. The quantitative estimate of drug-likeness (QED) is 0.661. The van der Waals surface area contributed by atoms with Gasteiger partial charge in [-0.05, 0) is 23.8 Å². The highest BCUT2D eigenvalue weighted by atomic mass is 35.5. The molecule has 0 atom stereocenters. The van der Waals surface area contributed by atoms with E-state index in [1.165, 1.54) is 14.2 Å². The second-order valence-electron chi connectivity index (χ2n) is 4.95.